The van der Waals surface area contributed by atoms with Crippen molar-refractivity contribution in [3.05, 3.63) is 48.0 Å². The third-order valence-electron chi connectivity index (χ3n) is 3.12. The summed E-state index contributed by atoms with van der Waals surface area (Å²) in [6.07, 6.45) is 10.1. The Labute approximate surface area is 109 Å². The highest BCUT2D eigenvalue weighted by Gasteiger charge is 2.09. The van der Waals surface area contributed by atoms with Gasteiger partial charge in [0.15, 0.2) is 0 Å². The highest BCUT2D eigenvalue weighted by molar-refractivity contribution is 5.67. The molecule has 0 spiro atoms. The molecule has 0 amide bonds. The summed E-state index contributed by atoms with van der Waals surface area (Å²) in [5.41, 5.74) is 5.23. The van der Waals surface area contributed by atoms with Crippen molar-refractivity contribution < 1.29 is 0 Å². The van der Waals surface area contributed by atoms with Crippen molar-refractivity contribution in [2.24, 2.45) is 0 Å². The minimum absolute atomic E-state index is 1.06. The zero-order valence-electron chi connectivity index (χ0n) is 11.2. The van der Waals surface area contributed by atoms with Crippen LogP contribution in [0.1, 0.15) is 37.9 Å². The van der Waals surface area contributed by atoms with Crippen LogP contribution in [0.15, 0.2) is 36.8 Å². The second-order valence-electron chi connectivity index (χ2n) is 4.52. The first-order valence-corrected chi connectivity index (χ1v) is 6.74. The van der Waals surface area contributed by atoms with Gasteiger partial charge < -0.3 is 0 Å². The molecule has 0 aliphatic heterocycles. The SMILES string of the molecule is CCCc1nccc(-c2ccncc2)c1CCC. The van der Waals surface area contributed by atoms with E-state index in [1.54, 1.807) is 0 Å². The summed E-state index contributed by atoms with van der Waals surface area (Å²) in [5, 5.41) is 0. The van der Waals surface area contributed by atoms with Crippen molar-refractivity contribution >= 4 is 0 Å². The fourth-order valence-corrected chi connectivity index (χ4v) is 2.32. The molecule has 2 aromatic rings. The molecule has 2 nitrogen and oxygen atoms in total. The lowest BCUT2D eigenvalue weighted by atomic mass is 9.95. The maximum Gasteiger partial charge on any atom is 0.0441 e. The van der Waals surface area contributed by atoms with Gasteiger partial charge in [-0.15, -0.1) is 0 Å². The highest BCUT2D eigenvalue weighted by atomic mass is 14.7. The Morgan fingerprint density at radius 1 is 0.889 bits per heavy atom. The van der Waals surface area contributed by atoms with Crippen LogP contribution in [0.3, 0.4) is 0 Å². The van der Waals surface area contributed by atoms with E-state index in [1.165, 1.54) is 22.4 Å². The lowest BCUT2D eigenvalue weighted by Gasteiger charge is -2.13. The Hall–Kier alpha value is -1.70. The largest absolute Gasteiger partial charge is 0.265 e. The summed E-state index contributed by atoms with van der Waals surface area (Å²) < 4.78 is 0. The van der Waals surface area contributed by atoms with E-state index in [0.717, 1.165) is 25.7 Å². The molecule has 0 fully saturated rings. The minimum Gasteiger partial charge on any atom is -0.265 e. The van der Waals surface area contributed by atoms with Crippen molar-refractivity contribution in [3.8, 4) is 11.1 Å². The second-order valence-corrected chi connectivity index (χ2v) is 4.52. The van der Waals surface area contributed by atoms with E-state index in [-0.39, 0.29) is 0 Å². The lowest BCUT2D eigenvalue weighted by molar-refractivity contribution is 0.830. The topological polar surface area (TPSA) is 25.8 Å². The van der Waals surface area contributed by atoms with Crippen LogP contribution in [0, 0.1) is 0 Å². The third kappa shape index (κ3) is 2.76. The Morgan fingerprint density at radius 2 is 1.61 bits per heavy atom. The van der Waals surface area contributed by atoms with Gasteiger partial charge in [0, 0.05) is 24.3 Å². The third-order valence-corrected chi connectivity index (χ3v) is 3.12. The Morgan fingerprint density at radius 3 is 2.28 bits per heavy atom. The average Bonchev–Trinajstić information content (AvgIpc) is 2.42. The molecule has 2 heterocycles. The van der Waals surface area contributed by atoms with Gasteiger partial charge in [0.2, 0.25) is 0 Å². The summed E-state index contributed by atoms with van der Waals surface area (Å²) in [7, 11) is 0. The number of nitrogens with zero attached hydrogens (tertiary/aromatic N) is 2. The second kappa shape index (κ2) is 6.29. The van der Waals surface area contributed by atoms with Crippen molar-refractivity contribution in [3.63, 3.8) is 0 Å². The van der Waals surface area contributed by atoms with Crippen LogP contribution in [0.2, 0.25) is 0 Å². The maximum atomic E-state index is 4.56. The molecule has 0 radical (unpaired) electrons. The number of aryl methyl sites for hydroxylation is 1. The van der Waals surface area contributed by atoms with Crippen molar-refractivity contribution in [1.29, 1.82) is 0 Å². The summed E-state index contributed by atoms with van der Waals surface area (Å²) in [4.78, 5) is 8.65. The number of rotatable bonds is 5. The first-order valence-electron chi connectivity index (χ1n) is 6.74. The first kappa shape index (κ1) is 12.7. The van der Waals surface area contributed by atoms with E-state index in [2.05, 4.69) is 42.0 Å². The molecular weight excluding hydrogens is 220 g/mol. The predicted octanol–water partition coefficient (Wildman–Crippen LogP) is 4.05. The van der Waals surface area contributed by atoms with Crippen LogP contribution in [-0.4, -0.2) is 9.97 Å². The van der Waals surface area contributed by atoms with E-state index in [1.807, 2.05) is 18.6 Å². The highest BCUT2D eigenvalue weighted by Crippen LogP contribution is 2.26. The van der Waals surface area contributed by atoms with Gasteiger partial charge in [0.25, 0.3) is 0 Å². The summed E-state index contributed by atoms with van der Waals surface area (Å²) >= 11 is 0. The van der Waals surface area contributed by atoms with E-state index in [4.69, 9.17) is 0 Å². The fourth-order valence-electron chi connectivity index (χ4n) is 2.32. The number of pyridine rings is 2. The quantitative estimate of drug-likeness (QED) is 0.788. The first-order chi connectivity index (χ1) is 8.86. The molecule has 0 saturated heterocycles. The van der Waals surface area contributed by atoms with Gasteiger partial charge in [-0.2, -0.15) is 0 Å². The van der Waals surface area contributed by atoms with Crippen molar-refractivity contribution in [2.45, 2.75) is 39.5 Å². The molecule has 0 bridgehead atoms. The number of aromatic nitrogens is 2. The van der Waals surface area contributed by atoms with Gasteiger partial charge in [-0.3, -0.25) is 9.97 Å². The summed E-state index contributed by atoms with van der Waals surface area (Å²) in [5.74, 6) is 0. The van der Waals surface area contributed by atoms with E-state index < -0.39 is 0 Å². The van der Waals surface area contributed by atoms with Crippen LogP contribution in [0.25, 0.3) is 11.1 Å². The molecule has 0 N–H and O–H groups in total. The molecule has 2 aromatic heterocycles. The minimum atomic E-state index is 1.06. The monoisotopic (exact) mass is 240 g/mol. The van der Waals surface area contributed by atoms with Gasteiger partial charge in [-0.05, 0) is 47.7 Å². The zero-order valence-corrected chi connectivity index (χ0v) is 11.2. The molecule has 0 unspecified atom stereocenters. The van der Waals surface area contributed by atoms with Gasteiger partial charge in [0.1, 0.15) is 0 Å². The molecule has 18 heavy (non-hydrogen) atoms. The number of hydrogen-bond acceptors (Lipinski definition) is 2. The Bertz CT molecular complexity index is 492. The van der Waals surface area contributed by atoms with Crippen molar-refractivity contribution in [2.75, 3.05) is 0 Å². The number of hydrogen-bond donors (Lipinski definition) is 0. The van der Waals surface area contributed by atoms with Crippen LogP contribution in [0.4, 0.5) is 0 Å². The average molecular weight is 240 g/mol. The summed E-state index contributed by atoms with van der Waals surface area (Å²) in [6.45, 7) is 4.43. The van der Waals surface area contributed by atoms with E-state index in [9.17, 15) is 0 Å². The predicted molar refractivity (Wildman–Crippen MR) is 75.5 cm³/mol. The molecule has 0 saturated carbocycles. The lowest BCUT2D eigenvalue weighted by Crippen LogP contribution is -2.00. The standard InChI is InChI=1S/C16H20N2/c1-3-5-15-14(13-7-10-17-11-8-13)9-12-18-16(15)6-4-2/h7-12H,3-6H2,1-2H3. The van der Waals surface area contributed by atoms with E-state index in [0.29, 0.717) is 0 Å². The summed E-state index contributed by atoms with van der Waals surface area (Å²) in [6, 6.07) is 6.27. The Kier molecular flexibility index (Phi) is 4.46. The van der Waals surface area contributed by atoms with Crippen LogP contribution < -0.4 is 0 Å². The molecule has 2 rings (SSSR count). The van der Waals surface area contributed by atoms with Gasteiger partial charge in [-0.25, -0.2) is 0 Å². The molecule has 0 atom stereocenters. The van der Waals surface area contributed by atoms with E-state index >= 15 is 0 Å². The molecule has 94 valence electrons. The molecular formula is C16H20N2. The van der Waals surface area contributed by atoms with Gasteiger partial charge in [-0.1, -0.05) is 26.7 Å². The zero-order chi connectivity index (χ0) is 12.8. The smallest absolute Gasteiger partial charge is 0.0441 e. The van der Waals surface area contributed by atoms with Crippen LogP contribution >= 0.6 is 0 Å². The normalized spacial score (nSPS) is 10.6. The van der Waals surface area contributed by atoms with Gasteiger partial charge in [0.05, 0.1) is 0 Å². The van der Waals surface area contributed by atoms with Crippen LogP contribution in [0.5, 0.6) is 0 Å². The molecule has 2 heteroatoms. The molecule has 0 aliphatic carbocycles. The fraction of sp³-hybridized carbons (Fsp3) is 0.375. The van der Waals surface area contributed by atoms with Crippen molar-refractivity contribution in [1.82, 2.24) is 9.97 Å². The molecule has 0 aromatic carbocycles. The Balaban J connectivity index is 2.49. The van der Waals surface area contributed by atoms with Crippen LogP contribution in [-0.2, 0) is 12.8 Å². The maximum absolute atomic E-state index is 4.56. The van der Waals surface area contributed by atoms with Gasteiger partial charge >= 0.3 is 0 Å². The molecule has 0 aliphatic rings.